The summed E-state index contributed by atoms with van der Waals surface area (Å²) in [6, 6.07) is 5.09. The Labute approximate surface area is 173 Å². The van der Waals surface area contributed by atoms with Crippen molar-refractivity contribution in [3.05, 3.63) is 50.1 Å². The van der Waals surface area contributed by atoms with Gasteiger partial charge in [0.15, 0.2) is 0 Å². The number of amides is 1. The number of nitrogens with zero attached hydrogens (tertiary/aromatic N) is 2. The summed E-state index contributed by atoms with van der Waals surface area (Å²) >= 11 is 1.37. The second kappa shape index (κ2) is 7.88. The molecule has 3 rings (SSSR count). The largest absolute Gasteiger partial charge is 0.508 e. The van der Waals surface area contributed by atoms with Gasteiger partial charge in [-0.05, 0) is 44.6 Å². The molecule has 0 unspecified atom stereocenters. The van der Waals surface area contributed by atoms with Crippen LogP contribution >= 0.6 is 11.3 Å². The number of primary amides is 1. The zero-order valence-corrected chi connectivity index (χ0v) is 17.9. The number of fused-ring (bicyclic) bond motifs is 1. The lowest BCUT2D eigenvalue weighted by atomic mass is 10.1. The number of thiophene rings is 1. The number of phenolic OH excluding ortho intramolecular Hbond substituents is 1. The summed E-state index contributed by atoms with van der Waals surface area (Å²) in [7, 11) is 0. The number of benzene rings is 1. The van der Waals surface area contributed by atoms with Crippen molar-refractivity contribution in [2.75, 3.05) is 18.8 Å². The zero-order chi connectivity index (χ0) is 21.5. The standard InChI is InChI=1S/C21H26N4O3S/c1-5-24(6-2)10-13-9-14-18(29-13)16(20(23)27)19(22)25(21(14)28)17-11(3)7-8-15(26)12(17)4/h7-9,26H,5-6,10,22H2,1-4H3,(H2,23,27). The van der Waals surface area contributed by atoms with Crippen molar-refractivity contribution in [2.24, 2.45) is 5.73 Å². The summed E-state index contributed by atoms with van der Waals surface area (Å²) in [5.41, 5.74) is 13.5. The van der Waals surface area contributed by atoms with Crippen LogP contribution in [-0.4, -0.2) is 33.6 Å². The van der Waals surface area contributed by atoms with Gasteiger partial charge in [0.05, 0.1) is 21.3 Å². The van der Waals surface area contributed by atoms with E-state index in [1.807, 2.05) is 13.0 Å². The molecular formula is C21H26N4O3S. The third kappa shape index (κ3) is 3.49. The third-order valence-corrected chi connectivity index (χ3v) is 6.43. The van der Waals surface area contributed by atoms with Crippen LogP contribution in [0.15, 0.2) is 23.0 Å². The summed E-state index contributed by atoms with van der Waals surface area (Å²) < 4.78 is 1.80. The average molecular weight is 415 g/mol. The van der Waals surface area contributed by atoms with Gasteiger partial charge >= 0.3 is 0 Å². The number of nitrogen functional groups attached to an aromatic ring is 1. The predicted molar refractivity (Wildman–Crippen MR) is 118 cm³/mol. The van der Waals surface area contributed by atoms with E-state index in [4.69, 9.17) is 11.5 Å². The Kier molecular flexibility index (Phi) is 5.68. The highest BCUT2D eigenvalue weighted by atomic mass is 32.1. The molecule has 2 heterocycles. The smallest absolute Gasteiger partial charge is 0.265 e. The number of aromatic nitrogens is 1. The molecule has 7 nitrogen and oxygen atoms in total. The van der Waals surface area contributed by atoms with Crippen LogP contribution in [0.4, 0.5) is 5.82 Å². The van der Waals surface area contributed by atoms with Crippen LogP contribution in [0.1, 0.15) is 40.2 Å². The van der Waals surface area contributed by atoms with Crippen molar-refractivity contribution in [3.63, 3.8) is 0 Å². The third-order valence-electron chi connectivity index (χ3n) is 5.29. The first-order valence-electron chi connectivity index (χ1n) is 9.49. The molecule has 8 heteroatoms. The lowest BCUT2D eigenvalue weighted by Gasteiger charge is -2.18. The highest BCUT2D eigenvalue weighted by molar-refractivity contribution is 7.19. The Morgan fingerprint density at radius 2 is 1.90 bits per heavy atom. The molecule has 0 aliphatic carbocycles. The molecular weight excluding hydrogens is 388 g/mol. The fourth-order valence-electron chi connectivity index (χ4n) is 3.62. The Bertz CT molecular complexity index is 1160. The van der Waals surface area contributed by atoms with Gasteiger partial charge < -0.3 is 16.6 Å². The summed E-state index contributed by atoms with van der Waals surface area (Å²) in [5.74, 6) is -0.652. The number of phenols is 1. The molecule has 0 atom stereocenters. The first kappa shape index (κ1) is 20.9. The maximum Gasteiger partial charge on any atom is 0.265 e. The maximum absolute atomic E-state index is 13.4. The zero-order valence-electron chi connectivity index (χ0n) is 17.1. The number of carbonyl (C=O) groups is 1. The van der Waals surface area contributed by atoms with Crippen molar-refractivity contribution < 1.29 is 9.90 Å². The van der Waals surface area contributed by atoms with Crippen LogP contribution in [0.3, 0.4) is 0 Å². The number of pyridine rings is 1. The number of hydrogen-bond acceptors (Lipinski definition) is 6. The van der Waals surface area contributed by atoms with Gasteiger partial charge in [-0.3, -0.25) is 19.1 Å². The van der Waals surface area contributed by atoms with E-state index in [0.717, 1.165) is 23.5 Å². The molecule has 0 spiro atoms. The number of hydrogen-bond donors (Lipinski definition) is 3. The minimum Gasteiger partial charge on any atom is -0.508 e. The molecule has 0 bridgehead atoms. The van der Waals surface area contributed by atoms with Crippen molar-refractivity contribution in [1.82, 2.24) is 9.47 Å². The first-order valence-corrected chi connectivity index (χ1v) is 10.3. The topological polar surface area (TPSA) is 115 Å². The molecule has 5 N–H and O–H groups in total. The van der Waals surface area contributed by atoms with E-state index in [1.54, 1.807) is 19.1 Å². The van der Waals surface area contributed by atoms with E-state index < -0.39 is 5.91 Å². The molecule has 0 fully saturated rings. The van der Waals surface area contributed by atoms with E-state index >= 15 is 0 Å². The Morgan fingerprint density at radius 3 is 2.48 bits per heavy atom. The number of aromatic hydroxyl groups is 1. The molecule has 3 aromatic rings. The van der Waals surface area contributed by atoms with E-state index in [-0.39, 0.29) is 22.7 Å². The molecule has 0 aliphatic rings. The van der Waals surface area contributed by atoms with Gasteiger partial charge in [-0.25, -0.2) is 0 Å². The summed E-state index contributed by atoms with van der Waals surface area (Å²) in [6.07, 6.45) is 0. The van der Waals surface area contributed by atoms with Gasteiger partial charge in [-0.15, -0.1) is 11.3 Å². The Morgan fingerprint density at radius 1 is 1.24 bits per heavy atom. The quantitative estimate of drug-likeness (QED) is 0.574. The highest BCUT2D eigenvalue weighted by Gasteiger charge is 2.24. The fourth-order valence-corrected chi connectivity index (χ4v) is 4.87. The number of aryl methyl sites for hydroxylation is 1. The molecule has 154 valence electrons. The van der Waals surface area contributed by atoms with E-state index in [9.17, 15) is 14.7 Å². The number of anilines is 1. The Hall–Kier alpha value is -2.84. The molecule has 2 aromatic heterocycles. The van der Waals surface area contributed by atoms with Crippen molar-refractivity contribution in [3.8, 4) is 11.4 Å². The molecule has 0 saturated heterocycles. The lowest BCUT2D eigenvalue weighted by Crippen LogP contribution is -2.27. The molecule has 1 amide bonds. The normalized spacial score (nSPS) is 11.5. The summed E-state index contributed by atoms with van der Waals surface area (Å²) in [5, 5.41) is 10.6. The van der Waals surface area contributed by atoms with Crippen LogP contribution < -0.4 is 17.0 Å². The van der Waals surface area contributed by atoms with E-state index in [2.05, 4.69) is 18.7 Å². The SMILES string of the molecule is CCN(CC)Cc1cc2c(=O)n(-c3c(C)ccc(O)c3C)c(N)c(C(N)=O)c2s1. The van der Waals surface area contributed by atoms with E-state index in [0.29, 0.717) is 27.9 Å². The first-order chi connectivity index (χ1) is 13.7. The molecule has 0 radical (unpaired) electrons. The minimum absolute atomic E-state index is 0.0111. The van der Waals surface area contributed by atoms with E-state index in [1.165, 1.54) is 15.9 Å². The molecule has 0 aliphatic heterocycles. The van der Waals surface area contributed by atoms with Gasteiger partial charge in [-0.2, -0.15) is 0 Å². The second-order valence-corrected chi connectivity index (χ2v) is 8.19. The van der Waals surface area contributed by atoms with Gasteiger partial charge in [0.25, 0.3) is 11.5 Å². The van der Waals surface area contributed by atoms with Gasteiger partial charge in [0, 0.05) is 17.0 Å². The fraction of sp³-hybridized carbons (Fsp3) is 0.333. The summed E-state index contributed by atoms with van der Waals surface area (Å²) in [4.78, 5) is 28.9. The van der Waals surface area contributed by atoms with Crippen molar-refractivity contribution in [1.29, 1.82) is 0 Å². The monoisotopic (exact) mass is 414 g/mol. The predicted octanol–water partition coefficient (Wildman–Crippen LogP) is 2.90. The number of rotatable bonds is 6. The molecule has 1 aromatic carbocycles. The number of nitrogens with two attached hydrogens (primary N) is 2. The van der Waals surface area contributed by atoms with Crippen molar-refractivity contribution >= 4 is 33.1 Å². The molecule has 29 heavy (non-hydrogen) atoms. The van der Waals surface area contributed by atoms with Crippen LogP contribution in [0.2, 0.25) is 0 Å². The molecule has 0 saturated carbocycles. The van der Waals surface area contributed by atoms with Crippen LogP contribution in [0.5, 0.6) is 5.75 Å². The van der Waals surface area contributed by atoms with Crippen LogP contribution in [-0.2, 0) is 6.54 Å². The highest BCUT2D eigenvalue weighted by Crippen LogP contribution is 2.34. The van der Waals surface area contributed by atoms with Crippen LogP contribution in [0, 0.1) is 13.8 Å². The average Bonchev–Trinajstić information content (AvgIpc) is 3.08. The number of carbonyl (C=O) groups excluding carboxylic acids is 1. The Balaban J connectivity index is 2.38. The maximum atomic E-state index is 13.4. The van der Waals surface area contributed by atoms with Gasteiger partial charge in [0.2, 0.25) is 0 Å². The minimum atomic E-state index is -0.687. The van der Waals surface area contributed by atoms with Crippen molar-refractivity contribution in [2.45, 2.75) is 34.2 Å². The summed E-state index contributed by atoms with van der Waals surface area (Å²) in [6.45, 7) is 10.1. The van der Waals surface area contributed by atoms with Gasteiger partial charge in [-0.1, -0.05) is 19.9 Å². The second-order valence-electron chi connectivity index (χ2n) is 7.06. The van der Waals surface area contributed by atoms with Crippen LogP contribution in [0.25, 0.3) is 15.8 Å². The lowest BCUT2D eigenvalue weighted by molar-refractivity contribution is 0.100. The van der Waals surface area contributed by atoms with Gasteiger partial charge in [0.1, 0.15) is 11.6 Å².